The molecule has 0 aromatic carbocycles. The third-order valence-electron chi connectivity index (χ3n) is 1.14. The van der Waals surface area contributed by atoms with Gasteiger partial charge in [-0.3, -0.25) is 0 Å². The summed E-state index contributed by atoms with van der Waals surface area (Å²) in [5, 5.41) is 8.18. The van der Waals surface area contributed by atoms with Crippen molar-refractivity contribution in [2.24, 2.45) is 5.73 Å². The second kappa shape index (κ2) is 5.45. The minimum Gasteiger partial charge on any atom is -0.415 e. The monoisotopic (exact) mass is 205 g/mol. The van der Waals surface area contributed by atoms with Crippen LogP contribution < -0.4 is 5.73 Å². The Morgan fingerprint density at radius 3 is 2.83 bits per heavy atom. The van der Waals surface area contributed by atoms with Crippen molar-refractivity contribution in [3.63, 3.8) is 0 Å². The first kappa shape index (κ1) is 9.88. The molecule has 0 unspecified atom stereocenters. The first-order valence-corrected chi connectivity index (χ1v) is 5.89. The van der Waals surface area contributed by atoms with Gasteiger partial charge in [0.25, 0.3) is 5.22 Å². The molecule has 1 heterocycles. The van der Waals surface area contributed by atoms with Gasteiger partial charge in [-0.2, -0.15) is 11.8 Å². The van der Waals surface area contributed by atoms with Gasteiger partial charge in [-0.15, -0.1) is 10.2 Å². The molecule has 0 aliphatic heterocycles. The summed E-state index contributed by atoms with van der Waals surface area (Å²) in [5.74, 6) is 2.58. The molecule has 1 aromatic heterocycles. The maximum Gasteiger partial charge on any atom is 0.276 e. The molecular weight excluding hydrogens is 194 g/mol. The highest BCUT2D eigenvalue weighted by Gasteiger charge is 2.03. The van der Waals surface area contributed by atoms with Gasteiger partial charge in [0.2, 0.25) is 5.89 Å². The highest BCUT2D eigenvalue weighted by Crippen LogP contribution is 2.16. The van der Waals surface area contributed by atoms with Crippen molar-refractivity contribution in [1.29, 1.82) is 0 Å². The summed E-state index contributed by atoms with van der Waals surface area (Å²) < 4.78 is 5.19. The molecule has 0 saturated heterocycles. The molecule has 1 aromatic rings. The Bertz CT molecular complexity index is 228. The van der Waals surface area contributed by atoms with Crippen molar-refractivity contribution >= 4 is 23.5 Å². The molecule has 2 N–H and O–H groups in total. The second-order valence-electron chi connectivity index (χ2n) is 2.01. The van der Waals surface area contributed by atoms with Crippen LogP contribution in [-0.4, -0.2) is 28.0 Å². The van der Waals surface area contributed by atoms with Crippen LogP contribution in [0.3, 0.4) is 0 Å². The van der Waals surface area contributed by atoms with Crippen molar-refractivity contribution in [3.8, 4) is 0 Å². The molecule has 0 radical (unpaired) electrons. The standard InChI is InChI=1S/C6H11N3OS2/c1-11-2-3-12-6-9-8-5(4-7)10-6/h2-4,7H2,1H3. The van der Waals surface area contributed by atoms with Gasteiger partial charge in [0, 0.05) is 11.5 Å². The summed E-state index contributed by atoms with van der Waals surface area (Å²) in [6.07, 6.45) is 2.07. The zero-order valence-electron chi connectivity index (χ0n) is 6.82. The van der Waals surface area contributed by atoms with Gasteiger partial charge in [-0.25, -0.2) is 0 Å². The van der Waals surface area contributed by atoms with Crippen molar-refractivity contribution in [2.45, 2.75) is 11.8 Å². The van der Waals surface area contributed by atoms with Crippen LogP contribution in [0, 0.1) is 0 Å². The lowest BCUT2D eigenvalue weighted by Crippen LogP contribution is -1.95. The van der Waals surface area contributed by atoms with E-state index in [1.54, 1.807) is 23.5 Å². The Balaban J connectivity index is 2.31. The number of nitrogens with two attached hydrogens (primary N) is 1. The van der Waals surface area contributed by atoms with Gasteiger partial charge >= 0.3 is 0 Å². The maximum absolute atomic E-state index is 5.31. The fourth-order valence-corrected chi connectivity index (χ4v) is 2.02. The van der Waals surface area contributed by atoms with E-state index in [1.807, 2.05) is 0 Å². The zero-order valence-corrected chi connectivity index (χ0v) is 8.45. The zero-order chi connectivity index (χ0) is 8.81. The molecule has 4 nitrogen and oxygen atoms in total. The smallest absolute Gasteiger partial charge is 0.276 e. The topological polar surface area (TPSA) is 64.9 Å². The molecule has 0 fully saturated rings. The van der Waals surface area contributed by atoms with Gasteiger partial charge in [0.05, 0.1) is 6.54 Å². The fourth-order valence-electron chi connectivity index (χ4n) is 0.591. The average molecular weight is 205 g/mol. The molecular formula is C6H11N3OS2. The minimum absolute atomic E-state index is 0.316. The normalized spacial score (nSPS) is 10.5. The van der Waals surface area contributed by atoms with Crippen molar-refractivity contribution in [1.82, 2.24) is 10.2 Å². The number of nitrogens with zero attached hydrogens (tertiary/aromatic N) is 2. The Hall–Kier alpha value is -0.200. The third-order valence-corrected chi connectivity index (χ3v) is 2.83. The molecule has 0 atom stereocenters. The van der Waals surface area contributed by atoms with E-state index in [2.05, 4.69) is 16.5 Å². The quantitative estimate of drug-likeness (QED) is 0.571. The molecule has 0 amide bonds. The highest BCUT2D eigenvalue weighted by molar-refractivity contribution is 8.02. The van der Waals surface area contributed by atoms with Crippen LogP contribution in [0.4, 0.5) is 0 Å². The van der Waals surface area contributed by atoms with Crippen LogP contribution in [-0.2, 0) is 6.54 Å². The van der Waals surface area contributed by atoms with Gasteiger partial charge in [-0.1, -0.05) is 11.8 Å². The lowest BCUT2D eigenvalue weighted by molar-refractivity contribution is 0.415. The van der Waals surface area contributed by atoms with Crippen LogP contribution in [0.15, 0.2) is 9.64 Å². The van der Waals surface area contributed by atoms with Gasteiger partial charge in [0.15, 0.2) is 0 Å². The molecule has 0 aliphatic carbocycles. The van der Waals surface area contributed by atoms with E-state index in [4.69, 9.17) is 10.2 Å². The Morgan fingerprint density at radius 2 is 2.25 bits per heavy atom. The molecule has 0 spiro atoms. The van der Waals surface area contributed by atoms with E-state index in [9.17, 15) is 0 Å². The van der Waals surface area contributed by atoms with E-state index < -0.39 is 0 Å². The summed E-state index contributed by atoms with van der Waals surface area (Å²) in [5.41, 5.74) is 5.31. The maximum atomic E-state index is 5.31. The summed E-state index contributed by atoms with van der Waals surface area (Å²) in [4.78, 5) is 0. The Kier molecular flexibility index (Phi) is 4.49. The fraction of sp³-hybridized carbons (Fsp3) is 0.667. The van der Waals surface area contributed by atoms with Gasteiger partial charge < -0.3 is 10.2 Å². The van der Waals surface area contributed by atoms with Crippen molar-refractivity contribution in [3.05, 3.63) is 5.89 Å². The van der Waals surface area contributed by atoms with Crippen LogP contribution in [0.1, 0.15) is 5.89 Å². The second-order valence-corrected chi connectivity index (χ2v) is 4.04. The molecule has 68 valence electrons. The summed E-state index contributed by atoms with van der Waals surface area (Å²) >= 11 is 3.36. The molecule has 1 rings (SSSR count). The highest BCUT2D eigenvalue weighted by atomic mass is 32.2. The van der Waals surface area contributed by atoms with E-state index >= 15 is 0 Å². The number of rotatable bonds is 5. The molecule has 6 heteroatoms. The SMILES string of the molecule is CSCCSc1nnc(CN)o1. The van der Waals surface area contributed by atoms with Gasteiger partial charge in [-0.05, 0) is 6.26 Å². The molecule has 0 aliphatic rings. The van der Waals surface area contributed by atoms with E-state index in [0.717, 1.165) is 11.5 Å². The van der Waals surface area contributed by atoms with E-state index in [-0.39, 0.29) is 0 Å². The number of aromatic nitrogens is 2. The number of hydrogen-bond acceptors (Lipinski definition) is 6. The number of hydrogen-bond donors (Lipinski definition) is 1. The van der Waals surface area contributed by atoms with Crippen molar-refractivity contribution in [2.75, 3.05) is 17.8 Å². The summed E-state index contributed by atoms with van der Waals surface area (Å²) in [6.45, 7) is 0.316. The van der Waals surface area contributed by atoms with Crippen molar-refractivity contribution < 1.29 is 4.42 Å². The predicted octanol–water partition coefficient (Wildman–Crippen LogP) is 0.983. The summed E-state index contributed by atoms with van der Waals surface area (Å²) in [7, 11) is 0. The van der Waals surface area contributed by atoms with Crippen LogP contribution >= 0.6 is 23.5 Å². The predicted molar refractivity (Wildman–Crippen MR) is 51.3 cm³/mol. The first-order chi connectivity index (χ1) is 5.86. The summed E-state index contributed by atoms with van der Waals surface area (Å²) in [6, 6.07) is 0. The van der Waals surface area contributed by atoms with Crippen LogP contribution in [0.2, 0.25) is 0 Å². The first-order valence-electron chi connectivity index (χ1n) is 3.51. The lowest BCUT2D eigenvalue weighted by atomic mass is 10.7. The lowest BCUT2D eigenvalue weighted by Gasteiger charge is -1.91. The molecule has 12 heavy (non-hydrogen) atoms. The van der Waals surface area contributed by atoms with Gasteiger partial charge in [0.1, 0.15) is 0 Å². The average Bonchev–Trinajstić information content (AvgIpc) is 2.53. The number of thioether (sulfide) groups is 2. The minimum atomic E-state index is 0.316. The Morgan fingerprint density at radius 1 is 1.42 bits per heavy atom. The van der Waals surface area contributed by atoms with Crippen LogP contribution in [0.5, 0.6) is 0 Å². The van der Waals surface area contributed by atoms with E-state index in [0.29, 0.717) is 17.7 Å². The van der Waals surface area contributed by atoms with E-state index in [1.165, 1.54) is 0 Å². The molecule has 0 saturated carbocycles. The largest absolute Gasteiger partial charge is 0.415 e. The third kappa shape index (κ3) is 3.04. The Labute approximate surface area is 79.7 Å². The van der Waals surface area contributed by atoms with Crippen LogP contribution in [0.25, 0.3) is 0 Å². The molecule has 0 bridgehead atoms.